The third-order valence-electron chi connectivity index (χ3n) is 2.62. The van der Waals surface area contributed by atoms with Gasteiger partial charge in [0.1, 0.15) is 5.71 Å². The van der Waals surface area contributed by atoms with Crippen LogP contribution in [0.1, 0.15) is 33.3 Å². The summed E-state index contributed by atoms with van der Waals surface area (Å²) in [7, 11) is 0. The predicted molar refractivity (Wildman–Crippen MR) is 78.5 cm³/mol. The number of nitrogens with zero attached hydrogens (tertiary/aromatic N) is 1. The summed E-state index contributed by atoms with van der Waals surface area (Å²) in [6.07, 6.45) is 0.733. The standard InChI is InChI=1S/C16H23NO2/c1-12(2)15(16(18)19-13(3)4)17-11-10-14-8-6-5-7-9-14/h5-9,12-13H,10-11H2,1-4H3/b17-15-. The van der Waals surface area contributed by atoms with Gasteiger partial charge in [0.15, 0.2) is 0 Å². The Hall–Kier alpha value is -1.64. The average Bonchev–Trinajstić information content (AvgIpc) is 2.34. The number of carbonyl (C=O) groups is 1. The molecule has 0 saturated carbocycles. The maximum atomic E-state index is 11.9. The van der Waals surface area contributed by atoms with E-state index in [1.165, 1.54) is 5.56 Å². The van der Waals surface area contributed by atoms with Crippen molar-refractivity contribution in [3.8, 4) is 0 Å². The molecule has 0 bridgehead atoms. The zero-order valence-corrected chi connectivity index (χ0v) is 12.2. The van der Waals surface area contributed by atoms with Gasteiger partial charge in [0.2, 0.25) is 0 Å². The van der Waals surface area contributed by atoms with Crippen molar-refractivity contribution in [2.24, 2.45) is 10.9 Å². The lowest BCUT2D eigenvalue weighted by atomic mass is 10.1. The highest BCUT2D eigenvalue weighted by molar-refractivity contribution is 6.37. The van der Waals surface area contributed by atoms with E-state index in [9.17, 15) is 4.79 Å². The molecule has 19 heavy (non-hydrogen) atoms. The third-order valence-corrected chi connectivity index (χ3v) is 2.62. The zero-order valence-electron chi connectivity index (χ0n) is 12.2. The van der Waals surface area contributed by atoms with Crippen LogP contribution >= 0.6 is 0 Å². The number of ether oxygens (including phenoxy) is 1. The van der Waals surface area contributed by atoms with Gasteiger partial charge in [0, 0.05) is 12.5 Å². The van der Waals surface area contributed by atoms with Gasteiger partial charge >= 0.3 is 5.97 Å². The second-order valence-electron chi connectivity index (χ2n) is 5.11. The van der Waals surface area contributed by atoms with Crippen molar-refractivity contribution in [2.75, 3.05) is 6.54 Å². The zero-order chi connectivity index (χ0) is 14.3. The van der Waals surface area contributed by atoms with Crippen LogP contribution in [0.15, 0.2) is 35.3 Å². The predicted octanol–water partition coefficient (Wildman–Crippen LogP) is 3.28. The van der Waals surface area contributed by atoms with E-state index in [-0.39, 0.29) is 18.0 Å². The Bertz CT molecular complexity index is 422. The van der Waals surface area contributed by atoms with Crippen LogP contribution in [0.5, 0.6) is 0 Å². The van der Waals surface area contributed by atoms with Crippen molar-refractivity contribution in [3.05, 3.63) is 35.9 Å². The smallest absolute Gasteiger partial charge is 0.352 e. The van der Waals surface area contributed by atoms with Crippen LogP contribution in [-0.4, -0.2) is 24.3 Å². The lowest BCUT2D eigenvalue weighted by Gasteiger charge is -2.12. The van der Waals surface area contributed by atoms with Crippen LogP contribution in [-0.2, 0) is 16.0 Å². The summed E-state index contributed by atoms with van der Waals surface area (Å²) in [6, 6.07) is 10.1. The molecule has 0 fully saturated rings. The normalized spacial score (nSPS) is 12.0. The molecular weight excluding hydrogens is 238 g/mol. The van der Waals surface area contributed by atoms with E-state index in [1.54, 1.807) is 0 Å². The van der Waals surface area contributed by atoms with Gasteiger partial charge in [-0.15, -0.1) is 0 Å². The topological polar surface area (TPSA) is 38.7 Å². The molecule has 1 aromatic rings. The molecule has 0 N–H and O–H groups in total. The minimum atomic E-state index is -0.293. The van der Waals surface area contributed by atoms with E-state index < -0.39 is 0 Å². The van der Waals surface area contributed by atoms with E-state index >= 15 is 0 Å². The lowest BCUT2D eigenvalue weighted by Crippen LogP contribution is -2.26. The van der Waals surface area contributed by atoms with Gasteiger partial charge in [-0.05, 0) is 25.8 Å². The monoisotopic (exact) mass is 261 g/mol. The van der Waals surface area contributed by atoms with Crippen LogP contribution in [0.25, 0.3) is 0 Å². The van der Waals surface area contributed by atoms with Crippen molar-refractivity contribution in [1.29, 1.82) is 0 Å². The summed E-state index contributed by atoms with van der Waals surface area (Å²) in [6.45, 7) is 8.23. The fourth-order valence-electron chi connectivity index (χ4n) is 1.71. The van der Waals surface area contributed by atoms with E-state index in [2.05, 4.69) is 17.1 Å². The number of carbonyl (C=O) groups excluding carboxylic acids is 1. The van der Waals surface area contributed by atoms with Gasteiger partial charge in [-0.2, -0.15) is 0 Å². The summed E-state index contributed by atoms with van der Waals surface area (Å²) in [5.41, 5.74) is 1.76. The van der Waals surface area contributed by atoms with Crippen LogP contribution < -0.4 is 0 Å². The van der Waals surface area contributed by atoms with E-state index in [4.69, 9.17) is 4.74 Å². The van der Waals surface area contributed by atoms with Crippen molar-refractivity contribution in [1.82, 2.24) is 0 Å². The quantitative estimate of drug-likeness (QED) is 0.582. The average molecular weight is 261 g/mol. The molecule has 0 atom stereocenters. The first kappa shape index (κ1) is 15.4. The molecule has 0 saturated heterocycles. The minimum Gasteiger partial charge on any atom is -0.458 e. The van der Waals surface area contributed by atoms with Crippen molar-refractivity contribution in [3.63, 3.8) is 0 Å². The summed E-state index contributed by atoms with van der Waals surface area (Å²) in [4.78, 5) is 16.3. The molecule has 0 amide bonds. The van der Waals surface area contributed by atoms with Gasteiger partial charge in [0.25, 0.3) is 0 Å². The van der Waals surface area contributed by atoms with Gasteiger partial charge in [-0.3, -0.25) is 4.99 Å². The van der Waals surface area contributed by atoms with Gasteiger partial charge in [0.05, 0.1) is 6.10 Å². The molecule has 0 aliphatic heterocycles. The first-order valence-electron chi connectivity index (χ1n) is 6.80. The molecule has 0 aromatic heterocycles. The van der Waals surface area contributed by atoms with Crippen molar-refractivity contribution < 1.29 is 9.53 Å². The molecule has 0 unspecified atom stereocenters. The highest BCUT2D eigenvalue weighted by atomic mass is 16.5. The lowest BCUT2D eigenvalue weighted by molar-refractivity contribution is -0.139. The molecule has 1 aromatic carbocycles. The SMILES string of the molecule is CC(C)OC(=O)/C(=N\CCc1ccccc1)C(C)C. The third kappa shape index (κ3) is 5.69. The minimum absolute atomic E-state index is 0.0852. The number of aliphatic imine (C=N–C) groups is 1. The summed E-state index contributed by atoms with van der Waals surface area (Å²) in [5, 5.41) is 0. The Morgan fingerprint density at radius 3 is 2.32 bits per heavy atom. The van der Waals surface area contributed by atoms with Crippen LogP contribution in [0, 0.1) is 5.92 Å². The highest BCUT2D eigenvalue weighted by Gasteiger charge is 2.17. The molecule has 0 spiro atoms. The maximum absolute atomic E-state index is 11.9. The largest absolute Gasteiger partial charge is 0.458 e. The van der Waals surface area contributed by atoms with Crippen molar-refractivity contribution >= 4 is 11.7 Å². The first-order valence-corrected chi connectivity index (χ1v) is 6.80. The Morgan fingerprint density at radius 2 is 1.79 bits per heavy atom. The molecule has 104 valence electrons. The Kier molecular flexibility index (Phi) is 6.26. The number of benzene rings is 1. The Balaban J connectivity index is 2.61. The van der Waals surface area contributed by atoms with Crippen molar-refractivity contribution in [2.45, 2.75) is 40.2 Å². The fraction of sp³-hybridized carbons (Fsp3) is 0.500. The Labute approximate surface area is 115 Å². The van der Waals surface area contributed by atoms with Crippen LogP contribution in [0.3, 0.4) is 0 Å². The molecular formula is C16H23NO2. The number of hydrogen-bond donors (Lipinski definition) is 0. The van der Waals surface area contributed by atoms with E-state index in [1.807, 2.05) is 45.9 Å². The molecule has 3 nitrogen and oxygen atoms in total. The fourth-order valence-corrected chi connectivity index (χ4v) is 1.71. The maximum Gasteiger partial charge on any atom is 0.352 e. The van der Waals surface area contributed by atoms with Gasteiger partial charge in [-0.1, -0.05) is 44.2 Å². The summed E-state index contributed by atoms with van der Waals surface area (Å²) in [5.74, 6) is -0.208. The van der Waals surface area contributed by atoms with Gasteiger partial charge in [-0.25, -0.2) is 4.79 Å². The second-order valence-corrected chi connectivity index (χ2v) is 5.11. The summed E-state index contributed by atoms with van der Waals surface area (Å²) >= 11 is 0. The highest BCUT2D eigenvalue weighted by Crippen LogP contribution is 2.05. The number of esters is 1. The van der Waals surface area contributed by atoms with Crippen LogP contribution in [0.2, 0.25) is 0 Å². The second kappa shape index (κ2) is 7.72. The molecule has 3 heteroatoms. The van der Waals surface area contributed by atoms with Gasteiger partial charge < -0.3 is 4.74 Å². The number of rotatable bonds is 6. The van der Waals surface area contributed by atoms with E-state index in [0.717, 1.165) is 6.42 Å². The Morgan fingerprint density at radius 1 is 1.16 bits per heavy atom. The molecule has 0 aliphatic carbocycles. The first-order chi connectivity index (χ1) is 9.00. The summed E-state index contributed by atoms with van der Waals surface area (Å²) < 4.78 is 5.21. The van der Waals surface area contributed by atoms with Crippen LogP contribution in [0.4, 0.5) is 0 Å². The molecule has 1 rings (SSSR count). The van der Waals surface area contributed by atoms with E-state index in [0.29, 0.717) is 12.3 Å². The molecule has 0 aliphatic rings. The number of hydrogen-bond acceptors (Lipinski definition) is 3. The molecule has 0 radical (unpaired) electrons. The molecule has 0 heterocycles.